The molecule has 1 amide bonds. The fraction of sp³-hybridized carbons (Fsp3) is 0.361. The fourth-order valence-corrected chi connectivity index (χ4v) is 5.97. The van der Waals surface area contributed by atoms with Crippen molar-refractivity contribution in [3.8, 4) is 22.6 Å². The third kappa shape index (κ3) is 6.73. The molecule has 0 unspecified atom stereocenters. The summed E-state index contributed by atoms with van der Waals surface area (Å²) in [7, 11) is 1.38. The second kappa shape index (κ2) is 13.2. The van der Waals surface area contributed by atoms with Gasteiger partial charge in [-0.1, -0.05) is 56.3 Å². The Balaban J connectivity index is 1.41. The first-order chi connectivity index (χ1) is 22.2. The summed E-state index contributed by atoms with van der Waals surface area (Å²) in [5.41, 5.74) is 6.84. The Morgan fingerprint density at radius 3 is 2.38 bits per heavy atom. The van der Waals surface area contributed by atoms with Crippen LogP contribution in [0.4, 0.5) is 4.79 Å². The average Bonchev–Trinajstić information content (AvgIpc) is 3.02. The molecular weight excluding hydrogens is 606 g/mol. The highest BCUT2D eigenvalue weighted by Gasteiger charge is 2.53. The number of carbonyl (C=O) groups excluding carboxylic acids is 2. The molecule has 4 atom stereocenters. The monoisotopic (exact) mass is 645 g/mol. The molecule has 11 heteroatoms. The van der Waals surface area contributed by atoms with Gasteiger partial charge in [0.05, 0.1) is 16.6 Å². The molecule has 0 spiro atoms. The van der Waals surface area contributed by atoms with Crippen LogP contribution in [0.2, 0.25) is 0 Å². The standard InChI is InChI=1S/C36H39NO10/c1-18(2)20-9-7-10-21(15-20)22-11-8-12-23(16-22)26(38)17-25-28(39)24-13-14-27(19(3)30(24)45-33(25)41)44-34-29(40)31(46-35(37)42)32(43-6)36(4,5)47-34/h7-16,18,29,31-32,34,39-40H,17H2,1-6H3,(H2,37,42)/t29-,31+,32-,34-/m1/s1. The number of ether oxygens (including phenoxy) is 4. The highest BCUT2D eigenvalue weighted by molar-refractivity contribution is 6.00. The van der Waals surface area contributed by atoms with Crippen LogP contribution in [-0.2, 0) is 20.6 Å². The number of aliphatic hydroxyl groups is 1. The van der Waals surface area contributed by atoms with Crippen molar-refractivity contribution in [1.82, 2.24) is 0 Å². The van der Waals surface area contributed by atoms with Gasteiger partial charge in [-0.05, 0) is 61.6 Å². The molecule has 1 aliphatic rings. The Morgan fingerprint density at radius 1 is 1.04 bits per heavy atom. The summed E-state index contributed by atoms with van der Waals surface area (Å²) in [5.74, 6) is -0.234. The number of benzene rings is 3. The van der Waals surface area contributed by atoms with Crippen molar-refractivity contribution in [2.75, 3.05) is 7.11 Å². The van der Waals surface area contributed by atoms with Crippen molar-refractivity contribution < 1.29 is 43.2 Å². The maximum atomic E-state index is 13.4. The molecule has 0 saturated carbocycles. The van der Waals surface area contributed by atoms with Gasteiger partial charge in [-0.3, -0.25) is 4.79 Å². The summed E-state index contributed by atoms with van der Waals surface area (Å²) in [5, 5.41) is 22.3. The van der Waals surface area contributed by atoms with Gasteiger partial charge in [0.15, 0.2) is 18.0 Å². The molecule has 1 aliphatic heterocycles. The Labute approximate surface area is 271 Å². The normalized spacial score (nSPS) is 20.7. The third-order valence-electron chi connectivity index (χ3n) is 8.52. The van der Waals surface area contributed by atoms with Crippen molar-refractivity contribution in [1.29, 1.82) is 0 Å². The van der Waals surface area contributed by atoms with Crippen LogP contribution in [0, 0.1) is 6.92 Å². The number of methoxy groups -OCH3 is 1. The van der Waals surface area contributed by atoms with E-state index in [1.165, 1.54) is 24.8 Å². The highest BCUT2D eigenvalue weighted by atomic mass is 16.7. The number of aliphatic hydroxyl groups excluding tert-OH is 1. The van der Waals surface area contributed by atoms with Gasteiger partial charge in [0.1, 0.15) is 23.2 Å². The van der Waals surface area contributed by atoms with Crippen LogP contribution in [0.5, 0.6) is 11.5 Å². The summed E-state index contributed by atoms with van der Waals surface area (Å²) >= 11 is 0. The van der Waals surface area contributed by atoms with E-state index in [0.29, 0.717) is 17.0 Å². The molecule has 1 aromatic heterocycles. The van der Waals surface area contributed by atoms with Crippen molar-refractivity contribution in [3.05, 3.63) is 93.3 Å². The molecule has 1 saturated heterocycles. The number of aryl methyl sites for hydroxylation is 1. The molecule has 4 N–H and O–H groups in total. The number of amides is 1. The van der Waals surface area contributed by atoms with Crippen LogP contribution < -0.4 is 16.1 Å². The number of fused-ring (bicyclic) bond motifs is 1. The van der Waals surface area contributed by atoms with E-state index in [9.17, 15) is 24.6 Å². The van der Waals surface area contributed by atoms with Crippen LogP contribution in [-0.4, -0.2) is 59.4 Å². The van der Waals surface area contributed by atoms with Crippen molar-refractivity contribution in [3.63, 3.8) is 0 Å². The van der Waals surface area contributed by atoms with Crippen LogP contribution in [0.25, 0.3) is 22.1 Å². The molecule has 0 aliphatic carbocycles. The predicted octanol–water partition coefficient (Wildman–Crippen LogP) is 5.38. The Bertz CT molecular complexity index is 1880. The van der Waals surface area contributed by atoms with Crippen LogP contribution in [0.15, 0.2) is 69.9 Å². The molecule has 0 bridgehead atoms. The largest absolute Gasteiger partial charge is 0.507 e. The van der Waals surface area contributed by atoms with Crippen LogP contribution in [0.1, 0.15) is 60.7 Å². The van der Waals surface area contributed by atoms with Gasteiger partial charge in [-0.2, -0.15) is 0 Å². The Hall–Kier alpha value is -4.71. The Kier molecular flexibility index (Phi) is 9.44. The van der Waals surface area contributed by atoms with Gasteiger partial charge in [-0.15, -0.1) is 0 Å². The van der Waals surface area contributed by atoms with Gasteiger partial charge >= 0.3 is 11.7 Å². The number of rotatable bonds is 9. The van der Waals surface area contributed by atoms with Gasteiger partial charge < -0.3 is 39.3 Å². The summed E-state index contributed by atoms with van der Waals surface area (Å²) in [6, 6.07) is 18.2. The number of aromatic hydroxyl groups is 1. The van der Waals surface area contributed by atoms with E-state index in [0.717, 1.165) is 11.1 Å². The van der Waals surface area contributed by atoms with Crippen molar-refractivity contribution >= 4 is 22.8 Å². The number of Topliss-reactive ketones (excluding diaryl/α,β-unsaturated/α-hetero) is 1. The second-order valence-corrected chi connectivity index (χ2v) is 12.5. The van der Waals surface area contributed by atoms with E-state index in [-0.39, 0.29) is 40.2 Å². The second-order valence-electron chi connectivity index (χ2n) is 12.5. The first-order valence-electron chi connectivity index (χ1n) is 15.2. The predicted molar refractivity (Wildman–Crippen MR) is 174 cm³/mol. The summed E-state index contributed by atoms with van der Waals surface area (Å²) in [4.78, 5) is 38.1. The van der Waals surface area contributed by atoms with Crippen LogP contribution in [0.3, 0.4) is 0 Å². The Morgan fingerprint density at radius 2 is 1.72 bits per heavy atom. The van der Waals surface area contributed by atoms with Gasteiger partial charge in [0, 0.05) is 24.7 Å². The SMILES string of the molecule is CO[C@@H]1[C@@H](OC(N)=O)[C@@H](O)[C@H](Oc2ccc3c(O)c(CC(=O)c4cccc(-c5cccc(C(C)C)c5)c4)c(=O)oc3c2C)OC1(C)C. The lowest BCUT2D eigenvalue weighted by molar-refractivity contribution is -0.304. The molecule has 47 heavy (non-hydrogen) atoms. The zero-order valence-corrected chi connectivity index (χ0v) is 27.1. The number of nitrogens with two attached hydrogens (primary N) is 1. The van der Waals surface area contributed by atoms with Gasteiger partial charge in [-0.25, -0.2) is 9.59 Å². The molecular formula is C36H39NO10. The van der Waals surface area contributed by atoms with E-state index in [2.05, 4.69) is 26.0 Å². The summed E-state index contributed by atoms with van der Waals surface area (Å²) in [6.07, 6.45) is -6.39. The molecule has 4 aromatic rings. The molecule has 5 rings (SSSR count). The zero-order chi connectivity index (χ0) is 34.2. The smallest absolute Gasteiger partial charge is 0.404 e. The minimum absolute atomic E-state index is 0.0255. The van der Waals surface area contributed by atoms with E-state index in [1.54, 1.807) is 39.0 Å². The molecule has 2 heterocycles. The minimum Gasteiger partial charge on any atom is -0.507 e. The first-order valence-corrected chi connectivity index (χ1v) is 15.2. The summed E-state index contributed by atoms with van der Waals surface area (Å²) in [6.45, 7) is 9.17. The molecule has 1 fully saturated rings. The number of hydrogen-bond donors (Lipinski definition) is 3. The van der Waals surface area contributed by atoms with Crippen molar-refractivity contribution in [2.24, 2.45) is 5.73 Å². The van der Waals surface area contributed by atoms with E-state index < -0.39 is 41.9 Å². The minimum atomic E-state index is -1.50. The maximum absolute atomic E-state index is 13.4. The van der Waals surface area contributed by atoms with Crippen LogP contribution >= 0.6 is 0 Å². The topological polar surface area (TPSA) is 168 Å². The summed E-state index contributed by atoms with van der Waals surface area (Å²) < 4.78 is 28.1. The number of primary amides is 1. The molecule has 3 aromatic carbocycles. The lowest BCUT2D eigenvalue weighted by atomic mass is 9.89. The maximum Gasteiger partial charge on any atom is 0.404 e. The third-order valence-corrected chi connectivity index (χ3v) is 8.52. The quantitative estimate of drug-likeness (QED) is 0.159. The van der Waals surface area contributed by atoms with Gasteiger partial charge in [0.25, 0.3) is 0 Å². The number of carbonyl (C=O) groups is 2. The molecule has 0 radical (unpaired) electrons. The fourth-order valence-electron chi connectivity index (χ4n) is 5.97. The van der Waals surface area contributed by atoms with Crippen molar-refractivity contribution in [2.45, 2.75) is 77.2 Å². The van der Waals surface area contributed by atoms with Gasteiger partial charge in [0.2, 0.25) is 6.29 Å². The number of hydrogen-bond acceptors (Lipinski definition) is 10. The molecule has 11 nitrogen and oxygen atoms in total. The first kappa shape index (κ1) is 33.6. The highest BCUT2D eigenvalue weighted by Crippen LogP contribution is 2.38. The average molecular weight is 646 g/mol. The lowest BCUT2D eigenvalue weighted by Gasteiger charge is -2.47. The van der Waals surface area contributed by atoms with E-state index in [1.807, 2.05) is 18.2 Å². The van der Waals surface area contributed by atoms with E-state index >= 15 is 0 Å². The zero-order valence-electron chi connectivity index (χ0n) is 27.1. The van der Waals surface area contributed by atoms with E-state index in [4.69, 9.17) is 29.1 Å². The molecule has 248 valence electrons. The lowest BCUT2D eigenvalue weighted by Crippen LogP contribution is -2.65. The number of ketones is 1.